The van der Waals surface area contributed by atoms with E-state index in [2.05, 4.69) is 4.98 Å². The van der Waals surface area contributed by atoms with Crippen molar-refractivity contribution in [2.45, 2.75) is 4.90 Å². The van der Waals surface area contributed by atoms with Gasteiger partial charge < -0.3 is 9.29 Å². The van der Waals surface area contributed by atoms with Gasteiger partial charge in [0.15, 0.2) is 11.1 Å². The van der Waals surface area contributed by atoms with Crippen LogP contribution in [-0.2, 0) is 11.1 Å². The molecule has 0 saturated carbocycles. The third kappa shape index (κ3) is 3.81. The number of hydrogen-bond acceptors (Lipinski definition) is 3. The number of nitrogens with zero attached hydrogens (tertiary/aromatic N) is 1. The number of pyridine rings is 1. The summed E-state index contributed by atoms with van der Waals surface area (Å²) < 4.78 is 25.3. The maximum absolute atomic E-state index is 10.9. The molecule has 8 heteroatoms. The molecule has 0 amide bonds. The molecule has 0 saturated heterocycles. The molecule has 100 valence electrons. The molecule has 0 aliphatic heterocycles. The van der Waals surface area contributed by atoms with E-state index in [0.717, 1.165) is 0 Å². The van der Waals surface area contributed by atoms with Gasteiger partial charge in [-0.3, -0.25) is 0 Å². The van der Waals surface area contributed by atoms with Crippen LogP contribution in [0.2, 0.25) is 15.3 Å². The summed E-state index contributed by atoms with van der Waals surface area (Å²) in [5, 5.41) is 0.572. The standard InChI is InChI=1S/C11H6Cl3NO3S/c12-8-5-7(19(16)17)1-2-9(8)18-6-3-10(13)15-11(14)4-6/h1-5H,(H,16,17). The summed E-state index contributed by atoms with van der Waals surface area (Å²) in [6, 6.07) is 7.21. The van der Waals surface area contributed by atoms with Crippen LogP contribution in [0, 0.1) is 0 Å². The minimum Gasteiger partial charge on any atom is -0.456 e. The SMILES string of the molecule is O=S(O)c1ccc(Oc2cc(Cl)nc(Cl)c2)c(Cl)c1. The van der Waals surface area contributed by atoms with Crippen LogP contribution >= 0.6 is 34.8 Å². The lowest BCUT2D eigenvalue weighted by Crippen LogP contribution is -1.91. The zero-order valence-electron chi connectivity index (χ0n) is 9.14. The first-order valence-electron chi connectivity index (χ1n) is 4.87. The van der Waals surface area contributed by atoms with Crippen LogP contribution in [0.25, 0.3) is 0 Å². The van der Waals surface area contributed by atoms with E-state index in [-0.39, 0.29) is 20.2 Å². The predicted molar refractivity (Wildman–Crippen MR) is 74.8 cm³/mol. The van der Waals surface area contributed by atoms with Crippen LogP contribution in [0.4, 0.5) is 0 Å². The van der Waals surface area contributed by atoms with E-state index in [9.17, 15) is 4.21 Å². The molecule has 1 atom stereocenters. The second kappa shape index (κ2) is 6.07. The normalized spacial score (nSPS) is 12.2. The maximum Gasteiger partial charge on any atom is 0.186 e. The Hall–Kier alpha value is -0.850. The first-order valence-corrected chi connectivity index (χ1v) is 7.11. The topological polar surface area (TPSA) is 59.4 Å². The van der Waals surface area contributed by atoms with Crippen LogP contribution in [0.3, 0.4) is 0 Å². The van der Waals surface area contributed by atoms with Gasteiger partial charge >= 0.3 is 0 Å². The van der Waals surface area contributed by atoms with E-state index in [0.29, 0.717) is 11.5 Å². The third-order valence-corrected chi connectivity index (χ3v) is 3.41. The van der Waals surface area contributed by atoms with Crippen LogP contribution in [-0.4, -0.2) is 13.7 Å². The van der Waals surface area contributed by atoms with E-state index in [1.165, 1.54) is 30.3 Å². The predicted octanol–water partition coefficient (Wildman–Crippen LogP) is 4.41. The average molecular weight is 339 g/mol. The molecule has 2 rings (SSSR count). The van der Waals surface area contributed by atoms with Crippen LogP contribution in [0.1, 0.15) is 0 Å². The minimum absolute atomic E-state index is 0.183. The van der Waals surface area contributed by atoms with Crippen LogP contribution < -0.4 is 4.74 Å². The highest BCUT2D eigenvalue weighted by atomic mass is 35.5. The molecule has 1 aromatic carbocycles. The lowest BCUT2D eigenvalue weighted by Gasteiger charge is -2.08. The number of aromatic nitrogens is 1. The van der Waals surface area contributed by atoms with Crippen molar-refractivity contribution in [2.24, 2.45) is 0 Å². The molecule has 0 fully saturated rings. The zero-order valence-corrected chi connectivity index (χ0v) is 12.2. The molecule has 2 aromatic rings. The maximum atomic E-state index is 10.9. The second-order valence-electron chi connectivity index (χ2n) is 3.39. The lowest BCUT2D eigenvalue weighted by atomic mass is 10.3. The number of ether oxygens (including phenoxy) is 1. The van der Waals surface area contributed by atoms with Crippen molar-refractivity contribution in [3.05, 3.63) is 45.7 Å². The van der Waals surface area contributed by atoms with Crippen LogP contribution in [0.5, 0.6) is 11.5 Å². The highest BCUT2D eigenvalue weighted by Crippen LogP contribution is 2.32. The van der Waals surface area contributed by atoms with Crippen LogP contribution in [0.15, 0.2) is 35.2 Å². The second-order valence-corrected chi connectivity index (χ2v) is 5.54. The largest absolute Gasteiger partial charge is 0.456 e. The fourth-order valence-corrected chi connectivity index (χ4v) is 2.43. The molecule has 0 radical (unpaired) electrons. The van der Waals surface area contributed by atoms with Gasteiger partial charge in [-0.2, -0.15) is 0 Å². The summed E-state index contributed by atoms with van der Waals surface area (Å²) in [5.41, 5.74) is 0. The van der Waals surface area contributed by atoms with Gasteiger partial charge in [-0.25, -0.2) is 9.19 Å². The van der Waals surface area contributed by atoms with Gasteiger partial charge in [0.2, 0.25) is 0 Å². The van der Waals surface area contributed by atoms with Gasteiger partial charge in [-0.1, -0.05) is 34.8 Å². The van der Waals surface area contributed by atoms with Gasteiger partial charge in [0.05, 0.1) is 9.92 Å². The summed E-state index contributed by atoms with van der Waals surface area (Å²) in [6.45, 7) is 0. The third-order valence-electron chi connectivity index (χ3n) is 2.07. The van der Waals surface area contributed by atoms with Gasteiger partial charge in [0.1, 0.15) is 21.8 Å². The minimum atomic E-state index is -2.09. The Morgan fingerprint density at radius 1 is 1.11 bits per heavy atom. The first-order chi connectivity index (χ1) is 8.95. The first kappa shape index (κ1) is 14.6. The quantitative estimate of drug-likeness (QED) is 0.665. The van der Waals surface area contributed by atoms with Gasteiger partial charge in [0, 0.05) is 12.1 Å². The molecule has 1 unspecified atom stereocenters. The van der Waals surface area contributed by atoms with Crippen molar-refractivity contribution in [3.63, 3.8) is 0 Å². The Morgan fingerprint density at radius 3 is 2.26 bits per heavy atom. The van der Waals surface area contributed by atoms with Gasteiger partial charge in [0.25, 0.3) is 0 Å². The smallest absolute Gasteiger partial charge is 0.186 e. The van der Waals surface area contributed by atoms with Crippen molar-refractivity contribution in [3.8, 4) is 11.5 Å². The Balaban J connectivity index is 2.30. The van der Waals surface area contributed by atoms with E-state index in [1.807, 2.05) is 0 Å². The Labute approximate surface area is 126 Å². The molecule has 19 heavy (non-hydrogen) atoms. The zero-order chi connectivity index (χ0) is 14.0. The molecular formula is C11H6Cl3NO3S. The van der Waals surface area contributed by atoms with Crippen molar-refractivity contribution in [2.75, 3.05) is 0 Å². The lowest BCUT2D eigenvalue weighted by molar-refractivity contribution is 0.481. The molecule has 0 aliphatic rings. The van der Waals surface area contributed by atoms with E-state index < -0.39 is 11.1 Å². The van der Waals surface area contributed by atoms with E-state index >= 15 is 0 Å². The fraction of sp³-hybridized carbons (Fsp3) is 0. The number of halogens is 3. The summed E-state index contributed by atoms with van der Waals surface area (Å²) >= 11 is 15.3. The summed E-state index contributed by atoms with van der Waals surface area (Å²) in [6.07, 6.45) is 0. The Morgan fingerprint density at radius 2 is 1.74 bits per heavy atom. The summed E-state index contributed by atoms with van der Waals surface area (Å²) in [5.74, 6) is 0.680. The Bertz CT molecular complexity index is 631. The highest BCUT2D eigenvalue weighted by Gasteiger charge is 2.09. The molecule has 0 bridgehead atoms. The highest BCUT2D eigenvalue weighted by molar-refractivity contribution is 7.79. The van der Waals surface area contributed by atoms with Crippen molar-refractivity contribution in [1.29, 1.82) is 0 Å². The van der Waals surface area contributed by atoms with E-state index in [4.69, 9.17) is 44.1 Å². The Kier molecular flexibility index (Phi) is 4.65. The van der Waals surface area contributed by atoms with Crippen molar-refractivity contribution < 1.29 is 13.5 Å². The number of hydrogen-bond donors (Lipinski definition) is 1. The molecule has 1 N–H and O–H groups in total. The summed E-state index contributed by atoms with van der Waals surface area (Å²) in [7, 11) is 0. The molecule has 0 aliphatic carbocycles. The van der Waals surface area contributed by atoms with Gasteiger partial charge in [-0.05, 0) is 18.2 Å². The van der Waals surface area contributed by atoms with Gasteiger partial charge in [-0.15, -0.1) is 0 Å². The molecular weight excluding hydrogens is 333 g/mol. The molecule has 1 aromatic heterocycles. The molecule has 0 spiro atoms. The van der Waals surface area contributed by atoms with Crippen molar-refractivity contribution >= 4 is 45.9 Å². The van der Waals surface area contributed by atoms with E-state index in [1.54, 1.807) is 0 Å². The fourth-order valence-electron chi connectivity index (χ4n) is 1.30. The molecule has 1 heterocycles. The summed E-state index contributed by atoms with van der Waals surface area (Å²) in [4.78, 5) is 3.96. The molecule has 4 nitrogen and oxygen atoms in total. The number of rotatable bonds is 3. The number of benzene rings is 1. The van der Waals surface area contributed by atoms with Crippen molar-refractivity contribution in [1.82, 2.24) is 4.98 Å². The monoisotopic (exact) mass is 337 g/mol. The average Bonchev–Trinajstić information content (AvgIpc) is 2.30.